The van der Waals surface area contributed by atoms with Crippen molar-refractivity contribution in [1.29, 1.82) is 0 Å². The van der Waals surface area contributed by atoms with Crippen LogP contribution in [0.3, 0.4) is 0 Å². The van der Waals surface area contributed by atoms with E-state index in [1.807, 2.05) is 0 Å². The second-order valence-electron chi connectivity index (χ2n) is 4.58. The number of carbonyl (C=O) groups is 1. The average molecular weight is 325 g/mol. The predicted octanol–water partition coefficient (Wildman–Crippen LogP) is 3.78. The summed E-state index contributed by atoms with van der Waals surface area (Å²) in [7, 11) is 1.48. The first-order chi connectivity index (χ1) is 10.9. The Hall–Kier alpha value is -2.70. The molecule has 0 radical (unpaired) electrons. The lowest BCUT2D eigenvalue weighted by Gasteiger charge is -2.14. The van der Waals surface area contributed by atoms with Gasteiger partial charge >= 0.3 is 6.36 Å². The summed E-state index contributed by atoms with van der Waals surface area (Å²) < 4.78 is 46.1. The van der Waals surface area contributed by atoms with Crippen molar-refractivity contribution in [1.82, 2.24) is 0 Å². The van der Waals surface area contributed by atoms with Gasteiger partial charge in [-0.3, -0.25) is 4.79 Å². The Balaban J connectivity index is 2.12. The Kier molecular flexibility index (Phi) is 5.10. The van der Waals surface area contributed by atoms with Gasteiger partial charge in [0, 0.05) is 5.56 Å². The molecule has 0 saturated heterocycles. The highest BCUT2D eigenvalue weighted by atomic mass is 19.4. The van der Waals surface area contributed by atoms with Crippen molar-refractivity contribution in [3.8, 4) is 11.5 Å². The number of ether oxygens (including phenoxy) is 2. The number of alkyl halides is 3. The topological polar surface area (TPSA) is 47.6 Å². The molecule has 0 unspecified atom stereocenters. The number of halogens is 3. The van der Waals surface area contributed by atoms with Gasteiger partial charge in [0.2, 0.25) is 5.91 Å². The zero-order valence-electron chi connectivity index (χ0n) is 12.2. The summed E-state index contributed by atoms with van der Waals surface area (Å²) in [6.07, 6.45) is -4.87. The third kappa shape index (κ3) is 4.91. The standard InChI is InChI=1S/C16H14F3NO3/c1-22-13-8-4-2-6-11(13)10-15(21)20-12-7-3-5-9-14(12)23-16(17,18)19/h2-9H,10H2,1H3,(H,20,21). The minimum absolute atomic E-state index is 0.0373. The third-order valence-electron chi connectivity index (χ3n) is 2.93. The zero-order valence-corrected chi connectivity index (χ0v) is 12.2. The summed E-state index contributed by atoms with van der Waals surface area (Å²) in [5.41, 5.74) is 0.575. The summed E-state index contributed by atoms with van der Waals surface area (Å²) in [4.78, 5) is 12.1. The Morgan fingerprint density at radius 1 is 1.04 bits per heavy atom. The SMILES string of the molecule is COc1ccccc1CC(=O)Nc1ccccc1OC(F)(F)F. The molecule has 0 aliphatic carbocycles. The van der Waals surface area contributed by atoms with Gasteiger partial charge in [0.15, 0.2) is 5.75 Å². The molecule has 2 aromatic rings. The van der Waals surface area contributed by atoms with Crippen LogP contribution in [-0.4, -0.2) is 19.4 Å². The number of hydrogen-bond acceptors (Lipinski definition) is 3. The number of amides is 1. The molecule has 1 N–H and O–H groups in total. The highest BCUT2D eigenvalue weighted by Crippen LogP contribution is 2.30. The number of rotatable bonds is 5. The van der Waals surface area contributed by atoms with Crippen molar-refractivity contribution in [3.63, 3.8) is 0 Å². The van der Waals surface area contributed by atoms with Crippen LogP contribution in [0.4, 0.5) is 18.9 Å². The van der Waals surface area contributed by atoms with E-state index >= 15 is 0 Å². The Bertz CT molecular complexity index is 686. The normalized spacial score (nSPS) is 11.0. The molecule has 0 spiro atoms. The molecule has 0 fully saturated rings. The molecule has 122 valence electrons. The van der Waals surface area contributed by atoms with Crippen LogP contribution in [0.1, 0.15) is 5.56 Å². The summed E-state index contributed by atoms with van der Waals surface area (Å²) in [5.74, 6) is -0.413. The van der Waals surface area contributed by atoms with E-state index in [0.717, 1.165) is 6.07 Å². The van der Waals surface area contributed by atoms with E-state index < -0.39 is 18.0 Å². The molecule has 2 aromatic carbocycles. The van der Waals surface area contributed by atoms with Gasteiger partial charge in [0.25, 0.3) is 0 Å². The molecule has 0 aliphatic rings. The van der Waals surface area contributed by atoms with E-state index in [9.17, 15) is 18.0 Å². The van der Waals surface area contributed by atoms with Gasteiger partial charge in [0.1, 0.15) is 5.75 Å². The maximum Gasteiger partial charge on any atom is 0.573 e. The summed E-state index contributed by atoms with van der Waals surface area (Å²) >= 11 is 0. The largest absolute Gasteiger partial charge is 0.573 e. The molecular weight excluding hydrogens is 311 g/mol. The lowest BCUT2D eigenvalue weighted by Crippen LogP contribution is -2.20. The molecule has 0 bridgehead atoms. The first kappa shape index (κ1) is 16.7. The van der Waals surface area contributed by atoms with Gasteiger partial charge in [-0.1, -0.05) is 30.3 Å². The first-order valence-corrected chi connectivity index (χ1v) is 6.65. The first-order valence-electron chi connectivity index (χ1n) is 6.65. The molecule has 0 atom stereocenters. The van der Waals surface area contributed by atoms with Crippen LogP contribution in [0.25, 0.3) is 0 Å². The number of carbonyl (C=O) groups excluding carboxylic acids is 1. The van der Waals surface area contributed by atoms with Crippen LogP contribution in [0.2, 0.25) is 0 Å². The van der Waals surface area contributed by atoms with E-state index in [0.29, 0.717) is 11.3 Å². The van der Waals surface area contributed by atoms with Crippen LogP contribution in [-0.2, 0) is 11.2 Å². The highest BCUT2D eigenvalue weighted by molar-refractivity contribution is 5.94. The lowest BCUT2D eigenvalue weighted by atomic mass is 10.1. The van der Waals surface area contributed by atoms with E-state index in [1.165, 1.54) is 25.3 Å². The Morgan fingerprint density at radius 2 is 1.65 bits per heavy atom. The summed E-state index contributed by atoms with van der Waals surface area (Å²) in [6.45, 7) is 0. The molecule has 1 amide bonds. The summed E-state index contributed by atoms with van der Waals surface area (Å²) in [5, 5.41) is 2.41. The molecular formula is C16H14F3NO3. The number of para-hydroxylation sites is 3. The molecule has 0 aliphatic heterocycles. The zero-order chi connectivity index (χ0) is 16.9. The van der Waals surface area contributed by atoms with Crippen molar-refractivity contribution in [2.75, 3.05) is 12.4 Å². The molecule has 23 heavy (non-hydrogen) atoms. The molecule has 0 heterocycles. The second-order valence-corrected chi connectivity index (χ2v) is 4.58. The monoisotopic (exact) mass is 325 g/mol. The maximum atomic E-state index is 12.4. The van der Waals surface area contributed by atoms with Crippen molar-refractivity contribution >= 4 is 11.6 Å². The van der Waals surface area contributed by atoms with E-state index in [-0.39, 0.29) is 12.1 Å². The van der Waals surface area contributed by atoms with Crippen LogP contribution in [0.15, 0.2) is 48.5 Å². The van der Waals surface area contributed by atoms with E-state index in [2.05, 4.69) is 10.1 Å². The number of methoxy groups -OCH3 is 1. The van der Waals surface area contributed by atoms with Crippen LogP contribution in [0.5, 0.6) is 11.5 Å². The Morgan fingerprint density at radius 3 is 2.30 bits per heavy atom. The fraction of sp³-hybridized carbons (Fsp3) is 0.188. The average Bonchev–Trinajstić information content (AvgIpc) is 2.48. The highest BCUT2D eigenvalue weighted by Gasteiger charge is 2.32. The fourth-order valence-electron chi connectivity index (χ4n) is 2.00. The number of hydrogen-bond donors (Lipinski definition) is 1. The molecule has 0 aromatic heterocycles. The second kappa shape index (κ2) is 7.04. The van der Waals surface area contributed by atoms with Gasteiger partial charge in [-0.2, -0.15) is 0 Å². The quantitative estimate of drug-likeness (QED) is 0.910. The van der Waals surface area contributed by atoms with Gasteiger partial charge in [-0.05, 0) is 18.2 Å². The Labute approximate surface area is 130 Å². The molecule has 0 saturated carbocycles. The van der Waals surface area contributed by atoms with Crippen molar-refractivity contribution in [3.05, 3.63) is 54.1 Å². The van der Waals surface area contributed by atoms with Crippen molar-refractivity contribution < 1.29 is 27.4 Å². The minimum Gasteiger partial charge on any atom is -0.496 e. The summed E-state index contributed by atoms with van der Waals surface area (Å²) in [6, 6.07) is 12.3. The molecule has 7 heteroatoms. The number of benzene rings is 2. The van der Waals surface area contributed by atoms with E-state index in [4.69, 9.17) is 4.74 Å². The predicted molar refractivity (Wildman–Crippen MR) is 78.5 cm³/mol. The van der Waals surface area contributed by atoms with Crippen molar-refractivity contribution in [2.45, 2.75) is 12.8 Å². The van der Waals surface area contributed by atoms with Crippen LogP contribution >= 0.6 is 0 Å². The van der Waals surface area contributed by atoms with Gasteiger partial charge in [-0.25, -0.2) is 0 Å². The van der Waals surface area contributed by atoms with Gasteiger partial charge in [0.05, 0.1) is 19.2 Å². The third-order valence-corrected chi connectivity index (χ3v) is 2.93. The molecule has 2 rings (SSSR count). The molecule has 4 nitrogen and oxygen atoms in total. The van der Waals surface area contributed by atoms with Crippen LogP contribution in [0, 0.1) is 0 Å². The fourth-order valence-corrected chi connectivity index (χ4v) is 2.00. The van der Waals surface area contributed by atoms with Gasteiger partial charge in [-0.15, -0.1) is 13.2 Å². The van der Waals surface area contributed by atoms with Crippen molar-refractivity contribution in [2.24, 2.45) is 0 Å². The maximum absolute atomic E-state index is 12.4. The number of nitrogens with one attached hydrogen (secondary N) is 1. The number of anilines is 1. The minimum atomic E-state index is -4.83. The smallest absolute Gasteiger partial charge is 0.496 e. The van der Waals surface area contributed by atoms with Crippen LogP contribution < -0.4 is 14.8 Å². The van der Waals surface area contributed by atoms with Gasteiger partial charge < -0.3 is 14.8 Å². The van der Waals surface area contributed by atoms with E-state index in [1.54, 1.807) is 24.3 Å². The lowest BCUT2D eigenvalue weighted by molar-refractivity contribution is -0.274.